The van der Waals surface area contributed by atoms with Crippen LogP contribution in [-0.4, -0.2) is 55.7 Å². The van der Waals surface area contributed by atoms with E-state index in [1.54, 1.807) is 0 Å². The fourth-order valence-electron chi connectivity index (χ4n) is 3.31. The molecule has 1 N–H and O–H groups in total. The Morgan fingerprint density at radius 1 is 1.41 bits per heavy atom. The lowest BCUT2D eigenvalue weighted by molar-refractivity contribution is 0.102. The molecule has 1 unspecified atom stereocenters. The summed E-state index contributed by atoms with van der Waals surface area (Å²) in [5.74, 6) is 0.202. The molecule has 2 heterocycles. The molecule has 0 aliphatic carbocycles. The summed E-state index contributed by atoms with van der Waals surface area (Å²) >= 11 is 7.48. The van der Waals surface area contributed by atoms with Crippen molar-refractivity contribution in [3.63, 3.8) is 0 Å². The predicted molar refractivity (Wildman–Crippen MR) is 116 cm³/mol. The Bertz CT molecular complexity index is 991. The van der Waals surface area contributed by atoms with Crippen LogP contribution in [0.4, 0.5) is 5.13 Å². The van der Waals surface area contributed by atoms with Crippen molar-refractivity contribution >= 4 is 44.0 Å². The summed E-state index contributed by atoms with van der Waals surface area (Å²) in [6.45, 7) is 5.13. The Kier molecular flexibility index (Phi) is 6.95. The number of likely N-dealkylation sites (tertiary alicyclic amines) is 1. The molecule has 1 aliphatic rings. The number of nitrogens with one attached hydrogen (secondary N) is 1. The summed E-state index contributed by atoms with van der Waals surface area (Å²) in [7, 11) is -0.794. The zero-order valence-electron chi connectivity index (χ0n) is 16.7. The minimum Gasteiger partial charge on any atom is -0.298 e. The van der Waals surface area contributed by atoms with Crippen molar-refractivity contribution in [1.29, 1.82) is 0 Å². The Labute approximate surface area is 180 Å². The van der Waals surface area contributed by atoms with Gasteiger partial charge in [0.2, 0.25) is 10.0 Å². The van der Waals surface area contributed by atoms with E-state index in [0.29, 0.717) is 11.0 Å². The fourth-order valence-corrected chi connectivity index (χ4v) is 5.14. The molecule has 1 aromatic carbocycles. The van der Waals surface area contributed by atoms with Gasteiger partial charge in [0.05, 0.1) is 21.2 Å². The van der Waals surface area contributed by atoms with Crippen LogP contribution in [0.25, 0.3) is 0 Å². The number of carbonyl (C=O) groups is 1. The first-order valence-corrected chi connectivity index (χ1v) is 12.1. The first-order chi connectivity index (χ1) is 13.7. The second-order valence-corrected chi connectivity index (χ2v) is 10.9. The number of anilines is 1. The van der Waals surface area contributed by atoms with Crippen LogP contribution >= 0.6 is 22.9 Å². The maximum Gasteiger partial charge on any atom is 0.259 e. The lowest BCUT2D eigenvalue weighted by Gasteiger charge is -2.30. The van der Waals surface area contributed by atoms with Crippen LogP contribution in [0.1, 0.15) is 35.8 Å². The van der Waals surface area contributed by atoms with E-state index in [9.17, 15) is 13.2 Å². The van der Waals surface area contributed by atoms with E-state index in [0.717, 1.165) is 29.6 Å². The summed E-state index contributed by atoms with van der Waals surface area (Å²) in [6, 6.07) is 4.09. The number of carbonyl (C=O) groups excluding carboxylic acids is 1. The normalized spacial score (nSPS) is 18.2. The topological polar surface area (TPSA) is 82.6 Å². The standard InChI is InChI=1S/C19H25ClN4O3S2/c1-13-5-4-8-24(10-13)11-14-12-28-19(21-14)22-18(25)16-9-15(6-7-17(16)20)29(26,27)23(2)3/h6-7,9,12-13H,4-5,8,10-11H2,1-3H3,(H,21,22,25). The van der Waals surface area contributed by atoms with Crippen LogP contribution in [0.2, 0.25) is 5.02 Å². The number of thiazole rings is 1. The van der Waals surface area contributed by atoms with Crippen molar-refractivity contribution in [3.8, 4) is 0 Å². The number of piperidine rings is 1. The molecule has 1 aliphatic heterocycles. The van der Waals surface area contributed by atoms with Gasteiger partial charge in [-0.3, -0.25) is 15.0 Å². The van der Waals surface area contributed by atoms with Crippen molar-refractivity contribution in [2.45, 2.75) is 31.2 Å². The van der Waals surface area contributed by atoms with Gasteiger partial charge in [0.1, 0.15) is 0 Å². The van der Waals surface area contributed by atoms with Crippen molar-refractivity contribution < 1.29 is 13.2 Å². The fraction of sp³-hybridized carbons (Fsp3) is 0.474. The van der Waals surface area contributed by atoms with Gasteiger partial charge in [-0.25, -0.2) is 17.7 Å². The zero-order chi connectivity index (χ0) is 21.2. The van der Waals surface area contributed by atoms with E-state index in [-0.39, 0.29) is 15.5 Å². The van der Waals surface area contributed by atoms with E-state index in [1.807, 2.05) is 5.38 Å². The molecule has 0 radical (unpaired) electrons. The number of rotatable bonds is 6. The van der Waals surface area contributed by atoms with Crippen LogP contribution in [0.5, 0.6) is 0 Å². The molecular weight excluding hydrogens is 432 g/mol. The lowest BCUT2D eigenvalue weighted by atomic mass is 10.0. The second-order valence-electron chi connectivity index (χ2n) is 7.51. The minimum absolute atomic E-state index is 0.0103. The van der Waals surface area contributed by atoms with Gasteiger partial charge in [-0.2, -0.15) is 0 Å². The molecule has 1 atom stereocenters. The molecule has 1 saturated heterocycles. The van der Waals surface area contributed by atoms with Gasteiger partial charge < -0.3 is 0 Å². The maximum absolute atomic E-state index is 12.7. The van der Waals surface area contributed by atoms with Crippen LogP contribution in [-0.2, 0) is 16.6 Å². The average Bonchev–Trinajstić information content (AvgIpc) is 3.08. The van der Waals surface area contributed by atoms with E-state index < -0.39 is 15.9 Å². The Morgan fingerprint density at radius 3 is 2.86 bits per heavy atom. The maximum atomic E-state index is 12.7. The highest BCUT2D eigenvalue weighted by Crippen LogP contribution is 2.25. The molecule has 1 aromatic heterocycles. The van der Waals surface area contributed by atoms with Gasteiger partial charge >= 0.3 is 0 Å². The van der Waals surface area contributed by atoms with Crippen LogP contribution in [0.3, 0.4) is 0 Å². The van der Waals surface area contributed by atoms with Gasteiger partial charge in [0.15, 0.2) is 5.13 Å². The highest BCUT2D eigenvalue weighted by molar-refractivity contribution is 7.89. The summed E-state index contributed by atoms with van der Waals surface area (Å²) in [4.78, 5) is 19.6. The summed E-state index contributed by atoms with van der Waals surface area (Å²) in [6.07, 6.45) is 2.46. The molecule has 2 aromatic rings. The first kappa shape index (κ1) is 22.2. The van der Waals surface area contributed by atoms with Crippen LogP contribution < -0.4 is 5.32 Å². The molecule has 158 valence electrons. The molecule has 3 rings (SSSR count). The SMILES string of the molecule is CC1CCCN(Cc2csc(NC(=O)c3cc(S(=O)(=O)N(C)C)ccc3Cl)n2)C1. The molecule has 10 heteroatoms. The van der Waals surface area contributed by atoms with Crippen molar-refractivity contribution in [2.75, 3.05) is 32.5 Å². The average molecular weight is 457 g/mol. The molecule has 7 nitrogen and oxygen atoms in total. The van der Waals surface area contributed by atoms with Gasteiger partial charge in [-0.05, 0) is 43.5 Å². The van der Waals surface area contributed by atoms with E-state index >= 15 is 0 Å². The van der Waals surface area contributed by atoms with Crippen LogP contribution in [0.15, 0.2) is 28.5 Å². The van der Waals surface area contributed by atoms with Crippen LogP contribution in [0, 0.1) is 5.92 Å². The Morgan fingerprint density at radius 2 is 2.17 bits per heavy atom. The van der Waals surface area contributed by atoms with Gasteiger partial charge in [-0.15, -0.1) is 11.3 Å². The van der Waals surface area contributed by atoms with E-state index in [1.165, 1.54) is 56.5 Å². The Balaban J connectivity index is 1.71. The highest BCUT2D eigenvalue weighted by atomic mass is 35.5. The number of benzene rings is 1. The molecule has 1 amide bonds. The summed E-state index contributed by atoms with van der Waals surface area (Å²) in [5, 5.41) is 5.31. The number of sulfonamides is 1. The number of halogens is 1. The van der Waals surface area contributed by atoms with Gasteiger partial charge in [0.25, 0.3) is 5.91 Å². The molecule has 1 fully saturated rings. The third-order valence-electron chi connectivity index (χ3n) is 4.86. The number of nitrogens with zero attached hydrogens (tertiary/aromatic N) is 3. The van der Waals surface area contributed by atoms with Gasteiger partial charge in [0, 0.05) is 32.6 Å². The molecule has 29 heavy (non-hydrogen) atoms. The zero-order valence-corrected chi connectivity index (χ0v) is 19.1. The van der Waals surface area contributed by atoms with E-state index in [4.69, 9.17) is 11.6 Å². The molecule has 0 bridgehead atoms. The monoisotopic (exact) mass is 456 g/mol. The van der Waals surface area contributed by atoms with Crippen molar-refractivity contribution in [1.82, 2.24) is 14.2 Å². The number of aromatic nitrogens is 1. The first-order valence-electron chi connectivity index (χ1n) is 9.37. The molecule has 0 saturated carbocycles. The third kappa shape index (κ3) is 5.35. The lowest BCUT2D eigenvalue weighted by Crippen LogP contribution is -2.33. The quantitative estimate of drug-likeness (QED) is 0.718. The highest BCUT2D eigenvalue weighted by Gasteiger charge is 2.22. The number of hydrogen-bond acceptors (Lipinski definition) is 6. The second kappa shape index (κ2) is 9.09. The van der Waals surface area contributed by atoms with E-state index in [2.05, 4.69) is 22.1 Å². The number of amides is 1. The summed E-state index contributed by atoms with van der Waals surface area (Å²) in [5.41, 5.74) is 1.01. The third-order valence-corrected chi connectivity index (χ3v) is 7.81. The van der Waals surface area contributed by atoms with Crippen molar-refractivity contribution in [3.05, 3.63) is 39.9 Å². The summed E-state index contributed by atoms with van der Waals surface area (Å²) < 4.78 is 25.7. The van der Waals surface area contributed by atoms with Gasteiger partial charge in [-0.1, -0.05) is 18.5 Å². The Hall–Kier alpha value is -1.52. The molecule has 0 spiro atoms. The molecular formula is C19H25ClN4O3S2. The van der Waals surface area contributed by atoms with Crippen molar-refractivity contribution in [2.24, 2.45) is 5.92 Å². The number of hydrogen-bond donors (Lipinski definition) is 1. The largest absolute Gasteiger partial charge is 0.298 e. The predicted octanol–water partition coefficient (Wildman–Crippen LogP) is 3.53. The smallest absolute Gasteiger partial charge is 0.259 e. The minimum atomic E-state index is -3.66.